The number of benzene rings is 2. The average Bonchev–Trinajstić information content (AvgIpc) is 2.93. The Labute approximate surface area is 150 Å². The zero-order chi connectivity index (χ0) is 17.3. The Bertz CT molecular complexity index is 807. The highest BCUT2D eigenvalue weighted by atomic mass is 35.5. The molecule has 1 atom stereocenters. The summed E-state index contributed by atoms with van der Waals surface area (Å²) in [6, 6.07) is 12.4. The molecule has 2 amide bonds. The molecule has 1 aliphatic heterocycles. The zero-order valence-corrected chi connectivity index (χ0v) is 14.6. The molecule has 0 unspecified atom stereocenters. The van der Waals surface area contributed by atoms with Crippen LogP contribution < -0.4 is 10.2 Å². The van der Waals surface area contributed by atoms with Crippen LogP contribution in [0.1, 0.15) is 12.0 Å². The Morgan fingerprint density at radius 3 is 2.71 bits per heavy atom. The Morgan fingerprint density at radius 1 is 1.21 bits per heavy atom. The highest BCUT2D eigenvalue weighted by Crippen LogP contribution is 2.28. The van der Waals surface area contributed by atoms with E-state index in [0.717, 1.165) is 5.56 Å². The van der Waals surface area contributed by atoms with Gasteiger partial charge in [0.15, 0.2) is 0 Å². The summed E-state index contributed by atoms with van der Waals surface area (Å²) in [4.78, 5) is 26.3. The molecule has 2 aromatic carbocycles. The maximum atomic E-state index is 12.4. The number of carbonyl (C=O) groups excluding carboxylic acids is 2. The molecule has 3 rings (SSSR count). The van der Waals surface area contributed by atoms with Crippen LogP contribution in [-0.4, -0.2) is 18.4 Å². The van der Waals surface area contributed by atoms with E-state index in [2.05, 4.69) is 5.32 Å². The average molecular weight is 363 g/mol. The molecule has 2 aromatic rings. The van der Waals surface area contributed by atoms with E-state index in [0.29, 0.717) is 28.0 Å². The first-order valence-corrected chi connectivity index (χ1v) is 8.32. The lowest BCUT2D eigenvalue weighted by atomic mass is 10.1. The highest BCUT2D eigenvalue weighted by Gasteiger charge is 2.35. The molecule has 0 radical (unpaired) electrons. The normalized spacial score (nSPS) is 17.2. The molecule has 24 heavy (non-hydrogen) atoms. The molecule has 1 N–H and O–H groups in total. The standard InChI is InChI=1S/C18H16Cl2N2O2/c1-11-5-6-14(9-16(11)20)21-18(24)12-7-17(23)22(10-12)15-4-2-3-13(19)8-15/h2-6,8-9,12H,7,10H2,1H3,(H,21,24)/t12-/m0/s1. The van der Waals surface area contributed by atoms with Crippen molar-refractivity contribution in [2.75, 3.05) is 16.8 Å². The predicted molar refractivity (Wildman–Crippen MR) is 96.7 cm³/mol. The van der Waals surface area contributed by atoms with Crippen LogP contribution in [0.15, 0.2) is 42.5 Å². The van der Waals surface area contributed by atoms with Crippen molar-refractivity contribution in [2.45, 2.75) is 13.3 Å². The van der Waals surface area contributed by atoms with E-state index in [1.54, 1.807) is 35.2 Å². The number of hydrogen-bond acceptors (Lipinski definition) is 2. The Morgan fingerprint density at radius 2 is 2.00 bits per heavy atom. The lowest BCUT2D eigenvalue weighted by Crippen LogP contribution is -2.28. The maximum absolute atomic E-state index is 12.4. The van der Waals surface area contributed by atoms with Crippen molar-refractivity contribution in [2.24, 2.45) is 5.92 Å². The van der Waals surface area contributed by atoms with E-state index in [1.165, 1.54) is 0 Å². The van der Waals surface area contributed by atoms with Gasteiger partial charge in [-0.25, -0.2) is 0 Å². The van der Waals surface area contributed by atoms with Gasteiger partial charge >= 0.3 is 0 Å². The molecule has 1 saturated heterocycles. The van der Waals surface area contributed by atoms with Crippen molar-refractivity contribution >= 4 is 46.4 Å². The number of hydrogen-bond donors (Lipinski definition) is 1. The minimum atomic E-state index is -0.406. The molecular formula is C18H16Cl2N2O2. The van der Waals surface area contributed by atoms with Crippen molar-refractivity contribution < 1.29 is 9.59 Å². The third kappa shape index (κ3) is 3.55. The zero-order valence-electron chi connectivity index (χ0n) is 13.1. The minimum Gasteiger partial charge on any atom is -0.326 e. The van der Waals surface area contributed by atoms with Crippen molar-refractivity contribution in [3.8, 4) is 0 Å². The number of nitrogens with one attached hydrogen (secondary N) is 1. The summed E-state index contributed by atoms with van der Waals surface area (Å²) in [5, 5.41) is 3.98. The van der Waals surface area contributed by atoms with E-state index in [1.807, 2.05) is 19.1 Å². The Hall–Kier alpha value is -2.04. The summed E-state index contributed by atoms with van der Waals surface area (Å²) in [7, 11) is 0. The van der Waals surface area contributed by atoms with Gasteiger partial charge in [0.25, 0.3) is 0 Å². The molecule has 4 nitrogen and oxygen atoms in total. The summed E-state index contributed by atoms with van der Waals surface area (Å²) >= 11 is 12.0. The molecular weight excluding hydrogens is 347 g/mol. The van der Waals surface area contributed by atoms with Crippen LogP contribution in [0, 0.1) is 12.8 Å². The fourth-order valence-electron chi connectivity index (χ4n) is 2.69. The molecule has 0 aromatic heterocycles. The third-order valence-corrected chi connectivity index (χ3v) is 4.70. The third-order valence-electron chi connectivity index (χ3n) is 4.06. The molecule has 0 bridgehead atoms. The van der Waals surface area contributed by atoms with Gasteiger partial charge in [-0.1, -0.05) is 35.3 Å². The highest BCUT2D eigenvalue weighted by molar-refractivity contribution is 6.31. The molecule has 124 valence electrons. The van der Waals surface area contributed by atoms with E-state index in [4.69, 9.17) is 23.2 Å². The van der Waals surface area contributed by atoms with Gasteiger partial charge in [0.2, 0.25) is 11.8 Å². The van der Waals surface area contributed by atoms with Gasteiger partial charge in [-0.15, -0.1) is 0 Å². The predicted octanol–water partition coefficient (Wildman–Crippen LogP) is 4.29. The minimum absolute atomic E-state index is 0.0839. The topological polar surface area (TPSA) is 49.4 Å². The largest absolute Gasteiger partial charge is 0.326 e. The monoisotopic (exact) mass is 362 g/mol. The number of carbonyl (C=O) groups is 2. The van der Waals surface area contributed by atoms with E-state index < -0.39 is 5.92 Å². The molecule has 1 heterocycles. The molecule has 0 spiro atoms. The number of halogens is 2. The Kier molecular flexibility index (Phi) is 4.78. The summed E-state index contributed by atoms with van der Waals surface area (Å²) in [5.74, 6) is -0.677. The van der Waals surface area contributed by atoms with E-state index in [-0.39, 0.29) is 18.2 Å². The van der Waals surface area contributed by atoms with Gasteiger partial charge in [0.1, 0.15) is 0 Å². The van der Waals surface area contributed by atoms with Gasteiger partial charge in [0.05, 0.1) is 5.92 Å². The van der Waals surface area contributed by atoms with Crippen LogP contribution in [0.5, 0.6) is 0 Å². The Balaban J connectivity index is 1.70. The van der Waals surface area contributed by atoms with Crippen molar-refractivity contribution in [1.29, 1.82) is 0 Å². The van der Waals surface area contributed by atoms with Crippen molar-refractivity contribution in [3.05, 3.63) is 58.1 Å². The maximum Gasteiger partial charge on any atom is 0.229 e. The molecule has 0 aliphatic carbocycles. The van der Waals surface area contributed by atoms with Gasteiger partial charge in [0, 0.05) is 34.4 Å². The second-order valence-corrected chi connectivity index (χ2v) is 6.68. The van der Waals surface area contributed by atoms with Crippen LogP contribution in [0.4, 0.5) is 11.4 Å². The molecule has 1 aliphatic rings. The summed E-state index contributed by atoms with van der Waals surface area (Å²) in [5.41, 5.74) is 2.28. The molecule has 0 saturated carbocycles. The number of nitrogens with zero attached hydrogens (tertiary/aromatic N) is 1. The fraction of sp³-hybridized carbons (Fsp3) is 0.222. The van der Waals surface area contributed by atoms with Crippen LogP contribution in [0.3, 0.4) is 0 Å². The van der Waals surface area contributed by atoms with Crippen LogP contribution in [0.2, 0.25) is 10.0 Å². The molecule has 1 fully saturated rings. The van der Waals surface area contributed by atoms with Gasteiger partial charge in [-0.2, -0.15) is 0 Å². The number of aryl methyl sites for hydroxylation is 1. The SMILES string of the molecule is Cc1ccc(NC(=O)[C@H]2CC(=O)N(c3cccc(Cl)c3)C2)cc1Cl. The number of anilines is 2. The van der Waals surface area contributed by atoms with Crippen LogP contribution >= 0.6 is 23.2 Å². The fourth-order valence-corrected chi connectivity index (χ4v) is 3.06. The second-order valence-electron chi connectivity index (χ2n) is 5.84. The second kappa shape index (κ2) is 6.83. The lowest BCUT2D eigenvalue weighted by Gasteiger charge is -2.17. The quantitative estimate of drug-likeness (QED) is 0.884. The number of rotatable bonds is 3. The first-order chi connectivity index (χ1) is 11.4. The molecule has 6 heteroatoms. The smallest absolute Gasteiger partial charge is 0.229 e. The van der Waals surface area contributed by atoms with Crippen molar-refractivity contribution in [3.63, 3.8) is 0 Å². The van der Waals surface area contributed by atoms with Gasteiger partial charge in [-0.3, -0.25) is 9.59 Å². The number of amides is 2. The van der Waals surface area contributed by atoms with Crippen LogP contribution in [-0.2, 0) is 9.59 Å². The van der Waals surface area contributed by atoms with E-state index >= 15 is 0 Å². The summed E-state index contributed by atoms with van der Waals surface area (Å²) < 4.78 is 0. The summed E-state index contributed by atoms with van der Waals surface area (Å²) in [6.07, 6.45) is 0.179. The van der Waals surface area contributed by atoms with Gasteiger partial charge < -0.3 is 10.2 Å². The summed E-state index contributed by atoms with van der Waals surface area (Å²) in [6.45, 7) is 2.23. The first kappa shape index (κ1) is 16.8. The first-order valence-electron chi connectivity index (χ1n) is 7.57. The van der Waals surface area contributed by atoms with E-state index in [9.17, 15) is 9.59 Å². The van der Waals surface area contributed by atoms with Crippen molar-refractivity contribution in [1.82, 2.24) is 0 Å². The van der Waals surface area contributed by atoms with Crippen LogP contribution in [0.25, 0.3) is 0 Å². The lowest BCUT2D eigenvalue weighted by molar-refractivity contribution is -0.122. The van der Waals surface area contributed by atoms with Gasteiger partial charge in [-0.05, 0) is 42.8 Å².